The van der Waals surface area contributed by atoms with Crippen molar-refractivity contribution < 1.29 is 9.13 Å². The molecule has 0 aliphatic heterocycles. The molecule has 1 aromatic carbocycles. The van der Waals surface area contributed by atoms with E-state index in [0.717, 1.165) is 5.56 Å². The van der Waals surface area contributed by atoms with Crippen molar-refractivity contribution in [1.82, 2.24) is 10.3 Å². The van der Waals surface area contributed by atoms with Gasteiger partial charge in [-0.3, -0.25) is 4.98 Å². The number of nitrogens with zero attached hydrogens (tertiary/aromatic N) is 1. The van der Waals surface area contributed by atoms with Gasteiger partial charge in [0.2, 0.25) is 0 Å². The van der Waals surface area contributed by atoms with E-state index in [1.54, 1.807) is 24.5 Å². The second-order valence-electron chi connectivity index (χ2n) is 4.78. The highest BCUT2D eigenvalue weighted by atomic mass is 19.1. The number of benzene rings is 1. The zero-order valence-electron chi connectivity index (χ0n) is 11.9. The van der Waals surface area contributed by atoms with Gasteiger partial charge in [-0.1, -0.05) is 6.07 Å². The van der Waals surface area contributed by atoms with Gasteiger partial charge in [0, 0.05) is 36.1 Å². The summed E-state index contributed by atoms with van der Waals surface area (Å²) < 4.78 is 19.0. The summed E-state index contributed by atoms with van der Waals surface area (Å²) in [7, 11) is 1.53. The zero-order chi connectivity index (χ0) is 14.5. The molecule has 20 heavy (non-hydrogen) atoms. The van der Waals surface area contributed by atoms with Crippen molar-refractivity contribution in [1.29, 1.82) is 0 Å². The zero-order valence-corrected chi connectivity index (χ0v) is 11.9. The monoisotopic (exact) mass is 274 g/mol. The Bertz CT molecular complexity index is 560. The first-order valence-electron chi connectivity index (χ1n) is 6.61. The quantitative estimate of drug-likeness (QED) is 0.903. The third-order valence-corrected chi connectivity index (χ3v) is 3.38. The van der Waals surface area contributed by atoms with Crippen molar-refractivity contribution in [3.63, 3.8) is 0 Å². The van der Waals surface area contributed by atoms with Gasteiger partial charge in [0.05, 0.1) is 7.11 Å². The maximum absolute atomic E-state index is 14.0. The molecule has 0 spiro atoms. The average molecular weight is 274 g/mol. The Labute approximate surface area is 118 Å². The molecule has 1 N–H and O–H groups in total. The largest absolute Gasteiger partial charge is 0.497 e. The Morgan fingerprint density at radius 1 is 1.10 bits per heavy atom. The summed E-state index contributed by atoms with van der Waals surface area (Å²) in [4.78, 5) is 4.00. The van der Waals surface area contributed by atoms with E-state index in [4.69, 9.17) is 4.74 Å². The molecule has 0 amide bonds. The number of aromatic nitrogens is 1. The van der Waals surface area contributed by atoms with Gasteiger partial charge in [-0.25, -0.2) is 4.39 Å². The predicted octanol–water partition coefficient (Wildman–Crippen LogP) is 3.64. The molecule has 2 aromatic rings. The van der Waals surface area contributed by atoms with E-state index >= 15 is 0 Å². The molecular weight excluding hydrogens is 255 g/mol. The molecule has 0 aliphatic rings. The molecule has 0 aliphatic carbocycles. The number of methoxy groups -OCH3 is 1. The van der Waals surface area contributed by atoms with E-state index in [9.17, 15) is 4.39 Å². The molecule has 1 heterocycles. The average Bonchev–Trinajstić information content (AvgIpc) is 2.47. The minimum Gasteiger partial charge on any atom is -0.497 e. The number of pyridine rings is 1. The number of hydrogen-bond acceptors (Lipinski definition) is 3. The van der Waals surface area contributed by atoms with Crippen LogP contribution in [-0.2, 0) is 0 Å². The highest BCUT2D eigenvalue weighted by Gasteiger charge is 2.15. The van der Waals surface area contributed by atoms with Crippen molar-refractivity contribution in [2.75, 3.05) is 7.11 Å². The fourth-order valence-electron chi connectivity index (χ4n) is 2.20. The minimum atomic E-state index is -0.258. The van der Waals surface area contributed by atoms with Crippen LogP contribution in [0.4, 0.5) is 4.39 Å². The summed E-state index contributed by atoms with van der Waals surface area (Å²) in [6.07, 6.45) is 3.51. The van der Waals surface area contributed by atoms with Crippen LogP contribution in [-0.4, -0.2) is 12.1 Å². The number of halogens is 1. The van der Waals surface area contributed by atoms with Crippen LogP contribution in [0.5, 0.6) is 5.75 Å². The van der Waals surface area contributed by atoms with Crippen LogP contribution in [0.25, 0.3) is 0 Å². The summed E-state index contributed by atoms with van der Waals surface area (Å²) in [5.74, 6) is 0.270. The van der Waals surface area contributed by atoms with Gasteiger partial charge in [0.15, 0.2) is 0 Å². The summed E-state index contributed by atoms with van der Waals surface area (Å²) in [6, 6.07) is 8.87. The fraction of sp³-hybridized carbons (Fsp3) is 0.312. The van der Waals surface area contributed by atoms with Crippen LogP contribution in [0.2, 0.25) is 0 Å². The van der Waals surface area contributed by atoms with Gasteiger partial charge in [-0.2, -0.15) is 0 Å². The van der Waals surface area contributed by atoms with Gasteiger partial charge in [0.1, 0.15) is 11.6 Å². The second-order valence-corrected chi connectivity index (χ2v) is 4.78. The first kappa shape index (κ1) is 14.5. The molecule has 106 valence electrons. The molecule has 0 saturated heterocycles. The van der Waals surface area contributed by atoms with E-state index < -0.39 is 0 Å². The maximum atomic E-state index is 14.0. The van der Waals surface area contributed by atoms with Crippen LogP contribution in [0, 0.1) is 5.82 Å². The number of ether oxygens (including phenoxy) is 1. The van der Waals surface area contributed by atoms with E-state index in [-0.39, 0.29) is 17.9 Å². The molecule has 1 unspecified atom stereocenters. The van der Waals surface area contributed by atoms with Gasteiger partial charge in [-0.15, -0.1) is 0 Å². The summed E-state index contributed by atoms with van der Waals surface area (Å²) in [5, 5.41) is 3.38. The normalized spacial score (nSPS) is 13.8. The molecule has 0 bridgehead atoms. The van der Waals surface area contributed by atoms with Crippen molar-refractivity contribution in [2.24, 2.45) is 0 Å². The summed E-state index contributed by atoms with van der Waals surface area (Å²) in [5.41, 5.74) is 1.76. The first-order chi connectivity index (χ1) is 9.61. The lowest BCUT2D eigenvalue weighted by molar-refractivity contribution is 0.408. The number of rotatable bonds is 5. The Kier molecular flexibility index (Phi) is 4.69. The van der Waals surface area contributed by atoms with E-state index in [0.29, 0.717) is 11.3 Å². The molecule has 2 rings (SSSR count). The molecule has 2 atom stereocenters. The predicted molar refractivity (Wildman–Crippen MR) is 77.2 cm³/mol. The highest BCUT2D eigenvalue weighted by Crippen LogP contribution is 2.24. The van der Waals surface area contributed by atoms with Crippen molar-refractivity contribution in [3.05, 3.63) is 59.7 Å². The Balaban J connectivity index is 2.10. The van der Waals surface area contributed by atoms with Crippen molar-refractivity contribution in [2.45, 2.75) is 25.9 Å². The van der Waals surface area contributed by atoms with E-state index in [2.05, 4.69) is 10.3 Å². The van der Waals surface area contributed by atoms with Gasteiger partial charge in [0.25, 0.3) is 0 Å². The molecule has 4 heteroatoms. The van der Waals surface area contributed by atoms with Crippen LogP contribution in [0.3, 0.4) is 0 Å². The van der Waals surface area contributed by atoms with Crippen LogP contribution < -0.4 is 10.1 Å². The molecule has 0 radical (unpaired) electrons. The third-order valence-electron chi connectivity index (χ3n) is 3.38. The molecule has 1 aromatic heterocycles. The number of hydrogen-bond donors (Lipinski definition) is 1. The molecule has 0 fully saturated rings. The van der Waals surface area contributed by atoms with Crippen molar-refractivity contribution >= 4 is 0 Å². The van der Waals surface area contributed by atoms with E-state index in [1.165, 1.54) is 13.2 Å². The topological polar surface area (TPSA) is 34.1 Å². The molecule has 0 saturated carbocycles. The smallest absolute Gasteiger partial charge is 0.131 e. The SMILES string of the molecule is COc1ccc(C(C)N[C@@H](C)c2ccncc2)c(F)c1. The van der Waals surface area contributed by atoms with Gasteiger partial charge < -0.3 is 10.1 Å². The fourth-order valence-corrected chi connectivity index (χ4v) is 2.20. The van der Waals surface area contributed by atoms with E-state index in [1.807, 2.05) is 26.0 Å². The Morgan fingerprint density at radius 2 is 1.80 bits per heavy atom. The first-order valence-corrected chi connectivity index (χ1v) is 6.61. The maximum Gasteiger partial charge on any atom is 0.131 e. The lowest BCUT2D eigenvalue weighted by Crippen LogP contribution is -2.23. The Hall–Kier alpha value is -1.94. The van der Waals surface area contributed by atoms with Crippen LogP contribution in [0.15, 0.2) is 42.7 Å². The Morgan fingerprint density at radius 3 is 2.40 bits per heavy atom. The van der Waals surface area contributed by atoms with Gasteiger partial charge in [-0.05, 0) is 37.6 Å². The minimum absolute atomic E-state index is 0.0935. The van der Waals surface area contributed by atoms with Crippen molar-refractivity contribution in [3.8, 4) is 5.75 Å². The second kappa shape index (κ2) is 6.48. The third kappa shape index (κ3) is 3.33. The lowest BCUT2D eigenvalue weighted by atomic mass is 10.0. The lowest BCUT2D eigenvalue weighted by Gasteiger charge is -2.21. The van der Waals surface area contributed by atoms with Crippen LogP contribution in [0.1, 0.15) is 37.1 Å². The summed E-state index contributed by atoms with van der Waals surface area (Å²) >= 11 is 0. The number of nitrogens with one attached hydrogen (secondary N) is 1. The molecular formula is C16H19FN2O. The summed E-state index contributed by atoms with van der Waals surface area (Å²) in [6.45, 7) is 4.00. The standard InChI is InChI=1S/C16H19FN2O/c1-11(13-6-8-18-9-7-13)19-12(2)15-5-4-14(20-3)10-16(15)17/h4-12,19H,1-3H3/t11-,12?/m0/s1. The highest BCUT2D eigenvalue weighted by molar-refractivity contribution is 5.31. The molecule has 3 nitrogen and oxygen atoms in total. The van der Waals surface area contributed by atoms with Crippen LogP contribution >= 0.6 is 0 Å². The van der Waals surface area contributed by atoms with Gasteiger partial charge >= 0.3 is 0 Å².